The van der Waals surface area contributed by atoms with E-state index >= 15 is 0 Å². The molecule has 0 saturated heterocycles. The number of anilines is 1. The van der Waals surface area contributed by atoms with Gasteiger partial charge in [0.15, 0.2) is 0 Å². The molecule has 1 aliphatic carbocycles. The van der Waals surface area contributed by atoms with Gasteiger partial charge in [0.1, 0.15) is 5.00 Å². The van der Waals surface area contributed by atoms with Crippen molar-refractivity contribution in [2.45, 2.75) is 46.5 Å². The van der Waals surface area contributed by atoms with Crippen LogP contribution in [0.1, 0.15) is 50.8 Å². The molecule has 1 aromatic heterocycles. The lowest BCUT2D eigenvalue weighted by molar-refractivity contribution is -0.115. The van der Waals surface area contributed by atoms with E-state index in [4.69, 9.17) is 5.73 Å². The van der Waals surface area contributed by atoms with Crippen LogP contribution in [-0.4, -0.2) is 11.8 Å². The zero-order chi connectivity index (χ0) is 18.1. The van der Waals surface area contributed by atoms with Gasteiger partial charge in [-0.3, -0.25) is 9.59 Å². The number of aryl methyl sites for hydroxylation is 2. The highest BCUT2D eigenvalue weighted by molar-refractivity contribution is 7.17. The van der Waals surface area contributed by atoms with E-state index in [0.717, 1.165) is 36.0 Å². The van der Waals surface area contributed by atoms with Gasteiger partial charge in [-0.2, -0.15) is 0 Å². The van der Waals surface area contributed by atoms with Crippen LogP contribution in [0.25, 0.3) is 0 Å². The molecule has 0 spiro atoms. The van der Waals surface area contributed by atoms with Crippen molar-refractivity contribution < 1.29 is 9.59 Å². The second-order valence-corrected chi connectivity index (χ2v) is 8.18. The average molecular weight is 356 g/mol. The normalized spacial score (nSPS) is 16.4. The summed E-state index contributed by atoms with van der Waals surface area (Å²) in [7, 11) is 0. The van der Waals surface area contributed by atoms with Crippen LogP contribution in [0.15, 0.2) is 18.2 Å². The standard InChI is InChI=1S/C20H24N2O2S/c1-11-4-6-14(13(3)8-11)10-17(23)22-20-18(19(21)24)15-7-5-12(2)9-16(15)25-20/h4,6,8,12H,5,7,9-10H2,1-3H3,(H2,21,24)(H,22,23)/t12-/m1/s1. The first-order valence-electron chi connectivity index (χ1n) is 8.65. The lowest BCUT2D eigenvalue weighted by Gasteiger charge is -2.18. The van der Waals surface area contributed by atoms with E-state index in [1.165, 1.54) is 21.8 Å². The molecule has 0 saturated carbocycles. The summed E-state index contributed by atoms with van der Waals surface area (Å²) in [5, 5.41) is 3.55. The van der Waals surface area contributed by atoms with Crippen molar-refractivity contribution in [2.75, 3.05) is 5.32 Å². The first kappa shape index (κ1) is 17.7. The van der Waals surface area contributed by atoms with E-state index in [9.17, 15) is 9.59 Å². The number of carbonyl (C=O) groups is 2. The van der Waals surface area contributed by atoms with Gasteiger partial charge in [-0.05, 0) is 55.7 Å². The van der Waals surface area contributed by atoms with Crippen LogP contribution in [0.4, 0.5) is 5.00 Å². The van der Waals surface area contributed by atoms with Crippen molar-refractivity contribution in [3.8, 4) is 0 Å². The zero-order valence-electron chi connectivity index (χ0n) is 14.9. The van der Waals surface area contributed by atoms with Gasteiger partial charge in [-0.25, -0.2) is 0 Å². The van der Waals surface area contributed by atoms with Crippen LogP contribution in [0.3, 0.4) is 0 Å². The second-order valence-electron chi connectivity index (χ2n) is 7.08. The Kier molecular flexibility index (Phi) is 4.95. The summed E-state index contributed by atoms with van der Waals surface area (Å²) in [6, 6.07) is 6.07. The Hall–Kier alpha value is -2.14. The molecule has 0 fully saturated rings. The van der Waals surface area contributed by atoms with Crippen molar-refractivity contribution in [1.82, 2.24) is 0 Å². The third-order valence-electron chi connectivity index (χ3n) is 4.86. The van der Waals surface area contributed by atoms with Crippen molar-refractivity contribution in [2.24, 2.45) is 11.7 Å². The van der Waals surface area contributed by atoms with Crippen LogP contribution in [0.5, 0.6) is 0 Å². The SMILES string of the molecule is Cc1ccc(CC(=O)Nc2sc3c(c2C(N)=O)CC[C@@H](C)C3)c(C)c1. The Morgan fingerprint density at radius 2 is 2.08 bits per heavy atom. The average Bonchev–Trinajstić information content (AvgIpc) is 2.86. The van der Waals surface area contributed by atoms with Crippen molar-refractivity contribution in [1.29, 1.82) is 0 Å². The molecular formula is C20H24N2O2S. The van der Waals surface area contributed by atoms with Gasteiger partial charge in [0.05, 0.1) is 12.0 Å². The molecule has 3 rings (SSSR count). The van der Waals surface area contributed by atoms with Gasteiger partial charge < -0.3 is 11.1 Å². The van der Waals surface area contributed by atoms with E-state index in [1.807, 2.05) is 26.0 Å². The molecule has 25 heavy (non-hydrogen) atoms. The molecule has 0 aliphatic heterocycles. The monoisotopic (exact) mass is 356 g/mol. The fourth-order valence-corrected chi connectivity index (χ4v) is 4.92. The summed E-state index contributed by atoms with van der Waals surface area (Å²) >= 11 is 1.51. The Balaban J connectivity index is 1.82. The third kappa shape index (κ3) is 3.76. The topological polar surface area (TPSA) is 72.2 Å². The summed E-state index contributed by atoms with van der Waals surface area (Å²) in [4.78, 5) is 25.6. The highest BCUT2D eigenvalue weighted by atomic mass is 32.1. The van der Waals surface area contributed by atoms with Gasteiger partial charge >= 0.3 is 0 Å². The van der Waals surface area contributed by atoms with Crippen LogP contribution in [-0.2, 0) is 24.1 Å². The number of carbonyl (C=O) groups excluding carboxylic acids is 2. The minimum Gasteiger partial charge on any atom is -0.365 e. The molecule has 1 heterocycles. The first-order chi connectivity index (χ1) is 11.8. The van der Waals surface area contributed by atoms with Gasteiger partial charge in [0, 0.05) is 4.88 Å². The summed E-state index contributed by atoms with van der Waals surface area (Å²) in [5.41, 5.74) is 10.4. The number of nitrogens with one attached hydrogen (secondary N) is 1. The molecule has 1 atom stereocenters. The molecule has 4 nitrogen and oxygen atoms in total. The zero-order valence-corrected chi connectivity index (χ0v) is 15.8. The predicted octanol–water partition coefficient (Wildman–Crippen LogP) is 3.77. The number of primary amides is 1. The Morgan fingerprint density at radius 3 is 2.76 bits per heavy atom. The number of hydrogen-bond acceptors (Lipinski definition) is 3. The number of nitrogens with two attached hydrogens (primary N) is 1. The summed E-state index contributed by atoms with van der Waals surface area (Å²) in [5.74, 6) is 0.0422. The summed E-state index contributed by atoms with van der Waals surface area (Å²) < 4.78 is 0. The van der Waals surface area contributed by atoms with Crippen molar-refractivity contribution in [3.63, 3.8) is 0 Å². The van der Waals surface area contributed by atoms with Crippen LogP contribution in [0, 0.1) is 19.8 Å². The highest BCUT2D eigenvalue weighted by Crippen LogP contribution is 2.39. The van der Waals surface area contributed by atoms with Gasteiger partial charge in [-0.15, -0.1) is 11.3 Å². The molecular weight excluding hydrogens is 332 g/mol. The maximum Gasteiger partial charge on any atom is 0.251 e. The Labute approximate surface area is 152 Å². The largest absolute Gasteiger partial charge is 0.365 e. The molecule has 1 aromatic carbocycles. The predicted molar refractivity (Wildman–Crippen MR) is 102 cm³/mol. The lowest BCUT2D eigenvalue weighted by atomic mass is 9.88. The molecule has 1 aliphatic rings. The Bertz CT molecular complexity index is 838. The van der Waals surface area contributed by atoms with E-state index in [2.05, 4.69) is 18.3 Å². The first-order valence-corrected chi connectivity index (χ1v) is 9.47. The van der Waals surface area contributed by atoms with E-state index in [-0.39, 0.29) is 5.91 Å². The number of fused-ring (bicyclic) bond motifs is 1. The van der Waals surface area contributed by atoms with Gasteiger partial charge in [0.25, 0.3) is 5.91 Å². The molecule has 5 heteroatoms. The third-order valence-corrected chi connectivity index (χ3v) is 6.03. The van der Waals surface area contributed by atoms with Crippen molar-refractivity contribution >= 4 is 28.2 Å². The molecule has 2 amide bonds. The van der Waals surface area contributed by atoms with E-state index in [1.54, 1.807) is 0 Å². The minimum absolute atomic E-state index is 0.110. The van der Waals surface area contributed by atoms with Crippen LogP contribution < -0.4 is 11.1 Å². The maximum absolute atomic E-state index is 12.5. The van der Waals surface area contributed by atoms with Crippen LogP contribution in [0.2, 0.25) is 0 Å². The quantitative estimate of drug-likeness (QED) is 0.875. The maximum atomic E-state index is 12.5. The van der Waals surface area contributed by atoms with E-state index in [0.29, 0.717) is 22.9 Å². The number of hydrogen-bond donors (Lipinski definition) is 2. The number of amides is 2. The Morgan fingerprint density at radius 1 is 1.32 bits per heavy atom. The number of thiophene rings is 1. The van der Waals surface area contributed by atoms with Gasteiger partial charge in [-0.1, -0.05) is 30.7 Å². The fraction of sp³-hybridized carbons (Fsp3) is 0.400. The van der Waals surface area contributed by atoms with E-state index < -0.39 is 5.91 Å². The number of benzene rings is 1. The number of rotatable bonds is 4. The summed E-state index contributed by atoms with van der Waals surface area (Å²) in [6.45, 7) is 6.26. The highest BCUT2D eigenvalue weighted by Gasteiger charge is 2.27. The second kappa shape index (κ2) is 7.00. The molecule has 0 bridgehead atoms. The molecule has 0 radical (unpaired) electrons. The van der Waals surface area contributed by atoms with Gasteiger partial charge in [0.2, 0.25) is 5.91 Å². The summed E-state index contributed by atoms with van der Waals surface area (Å²) in [6.07, 6.45) is 3.16. The molecule has 3 N–H and O–H groups in total. The molecule has 2 aromatic rings. The smallest absolute Gasteiger partial charge is 0.251 e. The molecule has 0 unspecified atom stereocenters. The minimum atomic E-state index is -0.450. The fourth-order valence-electron chi connectivity index (χ4n) is 3.49. The lowest BCUT2D eigenvalue weighted by Crippen LogP contribution is -2.20. The van der Waals surface area contributed by atoms with Crippen molar-refractivity contribution in [3.05, 3.63) is 50.9 Å². The molecule has 132 valence electrons. The van der Waals surface area contributed by atoms with Crippen LogP contribution >= 0.6 is 11.3 Å².